The van der Waals surface area contributed by atoms with Gasteiger partial charge < -0.3 is 5.11 Å². The van der Waals surface area contributed by atoms with Gasteiger partial charge in [0, 0.05) is 38.3 Å². The maximum Gasteiger partial charge on any atom is 0.0794 e. The third-order valence-corrected chi connectivity index (χ3v) is 3.42. The van der Waals surface area contributed by atoms with Gasteiger partial charge in [-0.2, -0.15) is 0 Å². The molecule has 3 fully saturated rings. The van der Waals surface area contributed by atoms with Crippen LogP contribution in [0.5, 0.6) is 0 Å². The quantitative estimate of drug-likeness (QED) is 0.543. The fraction of sp³-hybridized carbons (Fsp3) is 1.00. The maximum atomic E-state index is 9.62. The Kier molecular flexibility index (Phi) is 2.10. The highest BCUT2D eigenvalue weighted by molar-refractivity contribution is 4.92. The highest BCUT2D eigenvalue weighted by Gasteiger charge is 2.35. The SMILES string of the molecule is C[C@@H]1[C@H](C)N2CCN1CC(O)C2. The van der Waals surface area contributed by atoms with Crippen molar-refractivity contribution < 1.29 is 5.11 Å². The van der Waals surface area contributed by atoms with Gasteiger partial charge in [0.15, 0.2) is 0 Å². The fourth-order valence-corrected chi connectivity index (χ4v) is 2.39. The van der Waals surface area contributed by atoms with Gasteiger partial charge in [0.2, 0.25) is 0 Å². The first-order chi connectivity index (χ1) is 5.68. The van der Waals surface area contributed by atoms with Crippen LogP contribution in [0.25, 0.3) is 0 Å². The molecule has 3 unspecified atom stereocenters. The number of hydrogen-bond donors (Lipinski definition) is 1. The molecule has 5 atom stereocenters. The van der Waals surface area contributed by atoms with Crippen molar-refractivity contribution in [2.45, 2.75) is 32.0 Å². The number of nitrogens with zero attached hydrogens (tertiary/aromatic N) is 2. The van der Waals surface area contributed by atoms with Gasteiger partial charge in [0.05, 0.1) is 6.10 Å². The van der Waals surface area contributed by atoms with E-state index in [1.807, 2.05) is 0 Å². The zero-order valence-electron chi connectivity index (χ0n) is 7.90. The number of hydrogen-bond acceptors (Lipinski definition) is 3. The summed E-state index contributed by atoms with van der Waals surface area (Å²) in [4.78, 5) is 4.80. The second kappa shape index (κ2) is 2.98. The summed E-state index contributed by atoms with van der Waals surface area (Å²) in [7, 11) is 0. The Labute approximate surface area is 74.0 Å². The van der Waals surface area contributed by atoms with Crippen LogP contribution in [-0.2, 0) is 0 Å². The van der Waals surface area contributed by atoms with E-state index in [1.54, 1.807) is 0 Å². The first-order valence-corrected chi connectivity index (χ1v) is 4.84. The monoisotopic (exact) mass is 170 g/mol. The van der Waals surface area contributed by atoms with E-state index in [-0.39, 0.29) is 6.10 Å². The molecule has 3 aliphatic rings. The van der Waals surface area contributed by atoms with Gasteiger partial charge in [0.25, 0.3) is 0 Å². The third kappa shape index (κ3) is 1.26. The first-order valence-electron chi connectivity index (χ1n) is 4.84. The Morgan fingerprint density at radius 2 is 1.42 bits per heavy atom. The zero-order chi connectivity index (χ0) is 8.72. The van der Waals surface area contributed by atoms with Crippen molar-refractivity contribution in [1.82, 2.24) is 9.80 Å². The lowest BCUT2D eigenvalue weighted by molar-refractivity contribution is 0.0722. The summed E-state index contributed by atoms with van der Waals surface area (Å²) in [5.41, 5.74) is 0. The summed E-state index contributed by atoms with van der Waals surface area (Å²) in [6.07, 6.45) is -0.139. The minimum atomic E-state index is -0.139. The van der Waals surface area contributed by atoms with Gasteiger partial charge in [-0.15, -0.1) is 0 Å². The highest BCUT2D eigenvalue weighted by Crippen LogP contribution is 2.21. The van der Waals surface area contributed by atoms with E-state index in [4.69, 9.17) is 0 Å². The Hall–Kier alpha value is -0.120. The Morgan fingerprint density at radius 3 is 1.83 bits per heavy atom. The van der Waals surface area contributed by atoms with Crippen LogP contribution in [0.15, 0.2) is 0 Å². The molecule has 1 N–H and O–H groups in total. The van der Waals surface area contributed by atoms with Crippen LogP contribution in [-0.4, -0.2) is 59.3 Å². The van der Waals surface area contributed by atoms with E-state index in [0.717, 1.165) is 26.2 Å². The van der Waals surface area contributed by atoms with Gasteiger partial charge in [-0.1, -0.05) is 0 Å². The molecule has 3 rings (SSSR count). The molecule has 0 saturated carbocycles. The lowest BCUT2D eigenvalue weighted by Gasteiger charge is -2.41. The van der Waals surface area contributed by atoms with Gasteiger partial charge in [-0.3, -0.25) is 9.80 Å². The van der Waals surface area contributed by atoms with Crippen molar-refractivity contribution in [1.29, 1.82) is 0 Å². The Morgan fingerprint density at radius 1 is 1.00 bits per heavy atom. The second-order valence-electron chi connectivity index (χ2n) is 4.12. The fourth-order valence-electron chi connectivity index (χ4n) is 2.39. The number of piperazine rings is 1. The molecule has 0 radical (unpaired) electrons. The summed E-state index contributed by atoms with van der Waals surface area (Å²) in [6, 6.07) is 1.21. The molecule has 3 saturated heterocycles. The average molecular weight is 170 g/mol. The van der Waals surface area contributed by atoms with Crippen molar-refractivity contribution >= 4 is 0 Å². The van der Waals surface area contributed by atoms with E-state index in [2.05, 4.69) is 23.6 Å². The molecule has 0 aromatic carbocycles. The molecule has 0 aromatic heterocycles. The maximum absolute atomic E-state index is 9.62. The van der Waals surface area contributed by atoms with Crippen molar-refractivity contribution in [2.24, 2.45) is 0 Å². The molecule has 0 amide bonds. The number of fused-ring (bicyclic) bond motifs is 4. The van der Waals surface area contributed by atoms with Crippen molar-refractivity contribution in [3.05, 3.63) is 0 Å². The molecule has 70 valence electrons. The Balaban J connectivity index is 2.17. The molecule has 3 nitrogen and oxygen atoms in total. The third-order valence-electron chi connectivity index (χ3n) is 3.42. The van der Waals surface area contributed by atoms with E-state index >= 15 is 0 Å². The predicted octanol–water partition coefficient (Wildman–Crippen LogP) is -0.245. The molecular weight excluding hydrogens is 152 g/mol. The topological polar surface area (TPSA) is 26.7 Å². The molecule has 2 bridgehead atoms. The van der Waals surface area contributed by atoms with Crippen molar-refractivity contribution in [3.8, 4) is 0 Å². The average Bonchev–Trinajstić information content (AvgIpc) is 2.26. The molecule has 12 heavy (non-hydrogen) atoms. The molecule has 0 aliphatic carbocycles. The van der Waals surface area contributed by atoms with Crippen molar-refractivity contribution in [2.75, 3.05) is 26.2 Å². The van der Waals surface area contributed by atoms with Gasteiger partial charge in [0.1, 0.15) is 0 Å². The predicted molar refractivity (Wildman–Crippen MR) is 48.1 cm³/mol. The molecule has 3 heterocycles. The molecule has 3 aliphatic heterocycles. The Bertz CT molecular complexity index is 156. The van der Waals surface area contributed by atoms with E-state index in [0.29, 0.717) is 12.1 Å². The summed E-state index contributed by atoms with van der Waals surface area (Å²) in [5, 5.41) is 9.62. The van der Waals surface area contributed by atoms with Crippen LogP contribution in [0.1, 0.15) is 13.8 Å². The minimum Gasteiger partial charge on any atom is -0.390 e. The molecule has 3 heteroatoms. The van der Waals surface area contributed by atoms with Crippen LogP contribution in [0.3, 0.4) is 0 Å². The highest BCUT2D eigenvalue weighted by atomic mass is 16.3. The smallest absolute Gasteiger partial charge is 0.0794 e. The molecular formula is C9H18N2O. The summed E-state index contributed by atoms with van der Waals surface area (Å²) >= 11 is 0. The lowest BCUT2D eigenvalue weighted by atomic mass is 10.1. The second-order valence-corrected chi connectivity index (χ2v) is 4.12. The largest absolute Gasteiger partial charge is 0.390 e. The zero-order valence-corrected chi connectivity index (χ0v) is 7.90. The summed E-state index contributed by atoms with van der Waals surface area (Å²) < 4.78 is 0. The van der Waals surface area contributed by atoms with Crippen LogP contribution in [0.4, 0.5) is 0 Å². The standard InChI is InChI=1S/C9H18N2O/c1-7-8(2)11-4-3-10(7)5-9(12)6-11/h7-9,12H,3-6H2,1-2H3/t7-,8+,9?. The molecule has 0 spiro atoms. The van der Waals surface area contributed by atoms with Crippen LogP contribution in [0, 0.1) is 0 Å². The van der Waals surface area contributed by atoms with E-state index in [1.165, 1.54) is 0 Å². The molecule has 0 aromatic rings. The van der Waals surface area contributed by atoms with Gasteiger partial charge >= 0.3 is 0 Å². The van der Waals surface area contributed by atoms with E-state index in [9.17, 15) is 5.11 Å². The normalized spacial score (nSPS) is 53.8. The van der Waals surface area contributed by atoms with Gasteiger partial charge in [-0.05, 0) is 13.8 Å². The first kappa shape index (κ1) is 8.48. The van der Waals surface area contributed by atoms with Crippen LogP contribution < -0.4 is 0 Å². The summed E-state index contributed by atoms with van der Waals surface area (Å²) in [6.45, 7) is 8.50. The van der Waals surface area contributed by atoms with E-state index < -0.39 is 0 Å². The number of aliphatic hydroxyl groups is 1. The van der Waals surface area contributed by atoms with Crippen LogP contribution >= 0.6 is 0 Å². The minimum absolute atomic E-state index is 0.139. The number of aliphatic hydroxyl groups excluding tert-OH is 1. The van der Waals surface area contributed by atoms with Crippen molar-refractivity contribution in [3.63, 3.8) is 0 Å². The van der Waals surface area contributed by atoms with Gasteiger partial charge in [-0.25, -0.2) is 0 Å². The lowest BCUT2D eigenvalue weighted by Crippen LogP contribution is -2.54. The van der Waals surface area contributed by atoms with Crippen LogP contribution in [0.2, 0.25) is 0 Å². The number of rotatable bonds is 0. The summed E-state index contributed by atoms with van der Waals surface area (Å²) in [5.74, 6) is 0.